The summed E-state index contributed by atoms with van der Waals surface area (Å²) in [4.78, 5) is 1.09. The van der Waals surface area contributed by atoms with Crippen LogP contribution in [0, 0.1) is 0 Å². The van der Waals surface area contributed by atoms with Crippen LogP contribution >= 0.6 is 12.2 Å². The molecule has 28 heavy (non-hydrogen) atoms. The summed E-state index contributed by atoms with van der Waals surface area (Å²) in [6.07, 6.45) is -4.38. The molecule has 0 saturated heterocycles. The lowest BCUT2D eigenvalue weighted by atomic mass is 10.2. The Morgan fingerprint density at radius 1 is 1.11 bits per heavy atom. The molecule has 5 nitrogen and oxygen atoms in total. The number of ether oxygens (including phenoxy) is 3. The molecule has 0 unspecified atom stereocenters. The van der Waals surface area contributed by atoms with E-state index >= 15 is 0 Å². The number of hydrogen-bond acceptors (Lipinski definition) is 4. The van der Waals surface area contributed by atoms with Crippen molar-refractivity contribution in [3.8, 4) is 17.2 Å². The molecule has 9 heteroatoms. The van der Waals surface area contributed by atoms with Crippen LogP contribution in [0.3, 0.4) is 0 Å². The van der Waals surface area contributed by atoms with Gasteiger partial charge in [0.25, 0.3) is 0 Å². The second-order valence-corrected chi connectivity index (χ2v) is 6.55. The smallest absolute Gasteiger partial charge is 0.406 e. The maximum Gasteiger partial charge on any atom is 0.406 e. The minimum atomic E-state index is -4.38. The number of rotatable bonds is 6. The molecule has 150 valence electrons. The molecule has 1 N–H and O–H groups in total. The number of nitrogens with zero attached hydrogens (tertiary/aromatic N) is 1. The van der Waals surface area contributed by atoms with Gasteiger partial charge in [0.15, 0.2) is 16.6 Å². The van der Waals surface area contributed by atoms with E-state index in [1.165, 1.54) is 7.11 Å². The van der Waals surface area contributed by atoms with E-state index in [1.807, 2.05) is 0 Å². The number of nitrogens with one attached hydrogen (secondary N) is 1. The normalized spacial score (nSPS) is 12.6. The van der Waals surface area contributed by atoms with E-state index in [0.29, 0.717) is 22.8 Å². The van der Waals surface area contributed by atoms with Crippen LogP contribution in [0.4, 0.5) is 13.2 Å². The Hall–Kier alpha value is -2.68. The molecule has 0 fully saturated rings. The molecule has 1 heterocycles. The third kappa shape index (κ3) is 5.41. The van der Waals surface area contributed by atoms with Crippen LogP contribution in [0.15, 0.2) is 42.5 Å². The van der Waals surface area contributed by atoms with Gasteiger partial charge in [-0.05, 0) is 47.6 Å². The second-order valence-electron chi connectivity index (χ2n) is 6.17. The van der Waals surface area contributed by atoms with Gasteiger partial charge in [0.2, 0.25) is 6.79 Å². The monoisotopic (exact) mass is 412 g/mol. The van der Waals surface area contributed by atoms with Crippen molar-refractivity contribution in [1.29, 1.82) is 0 Å². The van der Waals surface area contributed by atoms with Crippen LogP contribution < -0.4 is 19.5 Å². The summed E-state index contributed by atoms with van der Waals surface area (Å²) in [6, 6.07) is 12.2. The van der Waals surface area contributed by atoms with E-state index in [1.54, 1.807) is 42.5 Å². The van der Waals surface area contributed by atoms with Crippen molar-refractivity contribution in [1.82, 2.24) is 10.2 Å². The highest BCUT2D eigenvalue weighted by atomic mass is 32.1. The van der Waals surface area contributed by atoms with Gasteiger partial charge in [0, 0.05) is 13.1 Å². The summed E-state index contributed by atoms with van der Waals surface area (Å²) in [5, 5.41) is 2.91. The molecule has 1 aliphatic rings. The molecule has 3 rings (SSSR count). The molecule has 2 aromatic rings. The minimum Gasteiger partial charge on any atom is -0.497 e. The number of fused-ring (bicyclic) bond motifs is 1. The third-order valence-electron chi connectivity index (χ3n) is 4.07. The first-order chi connectivity index (χ1) is 13.3. The van der Waals surface area contributed by atoms with E-state index < -0.39 is 12.7 Å². The van der Waals surface area contributed by atoms with Gasteiger partial charge < -0.3 is 24.4 Å². The fourth-order valence-electron chi connectivity index (χ4n) is 2.71. The fraction of sp³-hybridized carbons (Fsp3) is 0.316. The van der Waals surface area contributed by atoms with Crippen molar-refractivity contribution < 1.29 is 27.4 Å². The number of thiocarbonyl (C=S) groups is 1. The maximum absolute atomic E-state index is 13.0. The van der Waals surface area contributed by atoms with Crippen LogP contribution in [0.1, 0.15) is 11.1 Å². The highest BCUT2D eigenvalue weighted by molar-refractivity contribution is 7.80. The van der Waals surface area contributed by atoms with Crippen LogP contribution in [-0.2, 0) is 13.1 Å². The minimum absolute atomic E-state index is 0.0193. The number of hydrogen-bond donors (Lipinski definition) is 1. The van der Waals surface area contributed by atoms with E-state index in [9.17, 15) is 13.2 Å². The quantitative estimate of drug-likeness (QED) is 0.727. The lowest BCUT2D eigenvalue weighted by Gasteiger charge is -2.27. The Kier molecular flexibility index (Phi) is 6.13. The number of alkyl halides is 3. The van der Waals surface area contributed by atoms with E-state index in [0.717, 1.165) is 10.5 Å². The van der Waals surface area contributed by atoms with Crippen molar-refractivity contribution in [3.05, 3.63) is 53.6 Å². The predicted molar refractivity (Wildman–Crippen MR) is 101 cm³/mol. The zero-order valence-corrected chi connectivity index (χ0v) is 15.9. The standard InChI is InChI=1S/C19H19F3N2O3S/c1-25-15-5-2-13(3-6-15)10-24(11-19(20,21)22)18(28)23-9-14-4-7-16-17(8-14)27-12-26-16/h2-8H,9-12H2,1H3,(H,23,28). The molecule has 0 amide bonds. The molecule has 2 aromatic carbocycles. The molecule has 1 aliphatic heterocycles. The van der Waals surface area contributed by atoms with Gasteiger partial charge in [-0.25, -0.2) is 0 Å². The fourth-order valence-corrected chi connectivity index (χ4v) is 2.91. The number of methoxy groups -OCH3 is 1. The van der Waals surface area contributed by atoms with Crippen molar-refractivity contribution in [2.75, 3.05) is 20.4 Å². The van der Waals surface area contributed by atoms with Gasteiger partial charge in [-0.2, -0.15) is 13.2 Å². The van der Waals surface area contributed by atoms with Gasteiger partial charge in [-0.3, -0.25) is 0 Å². The largest absolute Gasteiger partial charge is 0.497 e. The Bertz CT molecular complexity index is 828. The van der Waals surface area contributed by atoms with Gasteiger partial charge >= 0.3 is 6.18 Å². The zero-order valence-electron chi connectivity index (χ0n) is 15.1. The maximum atomic E-state index is 13.0. The summed E-state index contributed by atoms with van der Waals surface area (Å²) in [5.41, 5.74) is 1.51. The first-order valence-electron chi connectivity index (χ1n) is 8.45. The van der Waals surface area contributed by atoms with Crippen molar-refractivity contribution in [2.45, 2.75) is 19.3 Å². The SMILES string of the molecule is COc1ccc(CN(CC(F)(F)F)C(=S)NCc2ccc3c(c2)OCO3)cc1. The van der Waals surface area contributed by atoms with Gasteiger partial charge in [0.1, 0.15) is 12.3 Å². The van der Waals surface area contributed by atoms with Gasteiger partial charge in [0.05, 0.1) is 7.11 Å². The molecule has 0 saturated carbocycles. The summed E-state index contributed by atoms with van der Waals surface area (Å²) in [5.74, 6) is 1.88. The lowest BCUT2D eigenvalue weighted by molar-refractivity contribution is -0.138. The predicted octanol–water partition coefficient (Wildman–Crippen LogP) is 3.86. The highest BCUT2D eigenvalue weighted by Gasteiger charge is 2.32. The van der Waals surface area contributed by atoms with Crippen LogP contribution in [-0.4, -0.2) is 36.6 Å². The van der Waals surface area contributed by atoms with Crippen LogP contribution in [0.2, 0.25) is 0 Å². The first kappa shape index (κ1) is 20.1. The molecule has 0 atom stereocenters. The molecule has 0 spiro atoms. The Labute approximate surface area is 166 Å². The second kappa shape index (κ2) is 8.55. The average Bonchev–Trinajstić information content (AvgIpc) is 3.13. The Morgan fingerprint density at radius 3 is 2.46 bits per heavy atom. The Morgan fingerprint density at radius 2 is 1.79 bits per heavy atom. The van der Waals surface area contributed by atoms with E-state index in [4.69, 9.17) is 26.4 Å². The van der Waals surface area contributed by atoms with E-state index in [2.05, 4.69) is 5.32 Å². The summed E-state index contributed by atoms with van der Waals surface area (Å²) in [7, 11) is 1.53. The molecule has 0 aliphatic carbocycles. The summed E-state index contributed by atoms with van der Waals surface area (Å²) >= 11 is 5.22. The summed E-state index contributed by atoms with van der Waals surface area (Å²) in [6.45, 7) is -0.694. The van der Waals surface area contributed by atoms with Gasteiger partial charge in [-0.15, -0.1) is 0 Å². The summed E-state index contributed by atoms with van der Waals surface area (Å²) < 4.78 is 54.7. The van der Waals surface area contributed by atoms with Crippen LogP contribution in [0.5, 0.6) is 17.2 Å². The zero-order chi connectivity index (χ0) is 20.1. The molecular weight excluding hydrogens is 393 g/mol. The molecular formula is C19H19F3N2O3S. The highest BCUT2D eigenvalue weighted by Crippen LogP contribution is 2.32. The molecule has 0 radical (unpaired) electrons. The Balaban J connectivity index is 1.65. The lowest BCUT2D eigenvalue weighted by Crippen LogP contribution is -2.43. The molecule has 0 bridgehead atoms. The average molecular weight is 412 g/mol. The van der Waals surface area contributed by atoms with Crippen molar-refractivity contribution in [3.63, 3.8) is 0 Å². The topological polar surface area (TPSA) is 43.0 Å². The van der Waals surface area contributed by atoms with E-state index in [-0.39, 0.29) is 25.0 Å². The molecule has 0 aromatic heterocycles. The number of benzene rings is 2. The van der Waals surface area contributed by atoms with Crippen molar-refractivity contribution in [2.24, 2.45) is 0 Å². The third-order valence-corrected chi connectivity index (χ3v) is 4.47. The van der Waals surface area contributed by atoms with Crippen LogP contribution in [0.25, 0.3) is 0 Å². The van der Waals surface area contributed by atoms with Gasteiger partial charge in [-0.1, -0.05) is 18.2 Å². The first-order valence-corrected chi connectivity index (χ1v) is 8.86. The number of halogens is 3. The van der Waals surface area contributed by atoms with Crippen molar-refractivity contribution >= 4 is 17.3 Å².